The van der Waals surface area contributed by atoms with E-state index in [2.05, 4.69) is 25.7 Å². The maximum Gasteiger partial charge on any atom is 0.429 e. The first kappa shape index (κ1) is 24.0. The van der Waals surface area contributed by atoms with Crippen molar-refractivity contribution in [1.82, 2.24) is 20.0 Å². The highest BCUT2D eigenvalue weighted by atomic mass is 35.5. The van der Waals surface area contributed by atoms with E-state index in [1.165, 1.54) is 0 Å². The Kier molecular flexibility index (Phi) is 6.88. The predicted octanol–water partition coefficient (Wildman–Crippen LogP) is 5.78. The third kappa shape index (κ3) is 5.88. The number of nitrogens with zero attached hydrogens (tertiary/aromatic N) is 3. The van der Waals surface area contributed by atoms with Crippen LogP contribution in [0.25, 0.3) is 22.2 Å². The quantitative estimate of drug-likeness (QED) is 0.221. The number of rotatable bonds is 7. The van der Waals surface area contributed by atoms with Crippen LogP contribution in [-0.2, 0) is 9.53 Å². The second kappa shape index (κ2) is 10.0. The number of benzene rings is 2. The molecule has 2 aromatic carbocycles. The summed E-state index contributed by atoms with van der Waals surface area (Å²) in [5.74, 6) is 0.351. The van der Waals surface area contributed by atoms with Gasteiger partial charge in [0.1, 0.15) is 18.4 Å². The lowest BCUT2D eigenvalue weighted by atomic mass is 10.1. The van der Waals surface area contributed by atoms with E-state index in [9.17, 15) is 9.59 Å². The molecule has 4 aromatic rings. The third-order valence-corrected chi connectivity index (χ3v) is 5.12. The second-order valence-corrected chi connectivity index (χ2v) is 9.12. The summed E-state index contributed by atoms with van der Waals surface area (Å²) in [6, 6.07) is 15.0. The summed E-state index contributed by atoms with van der Waals surface area (Å²) in [5.41, 5.74) is 5.89. The van der Waals surface area contributed by atoms with Crippen molar-refractivity contribution in [3.63, 3.8) is 0 Å². The molecule has 2 heterocycles. The minimum atomic E-state index is -0.697. The number of halogens is 1. The third-order valence-electron chi connectivity index (χ3n) is 4.84. The van der Waals surface area contributed by atoms with Gasteiger partial charge < -0.3 is 19.8 Å². The lowest BCUT2D eigenvalue weighted by molar-refractivity contribution is -0.108. The van der Waals surface area contributed by atoms with Gasteiger partial charge in [0.2, 0.25) is 5.95 Å². The number of fused-ring (bicyclic) bond motifs is 1. The minimum Gasteiger partial charge on any atom is -0.442 e. The molecule has 0 spiro atoms. The number of para-hydroxylation sites is 1. The van der Waals surface area contributed by atoms with Gasteiger partial charge in [-0.25, -0.2) is 19.8 Å². The van der Waals surface area contributed by atoms with E-state index in [-0.39, 0.29) is 6.54 Å². The monoisotopic (exact) mass is 492 g/mol. The Morgan fingerprint density at radius 3 is 2.71 bits per heavy atom. The summed E-state index contributed by atoms with van der Waals surface area (Å²) >= 11 is 6.42. The van der Waals surface area contributed by atoms with Gasteiger partial charge in [-0.15, -0.1) is 0 Å². The van der Waals surface area contributed by atoms with E-state index in [4.69, 9.17) is 16.3 Å². The summed E-state index contributed by atoms with van der Waals surface area (Å²) in [6.45, 7) is 5.09. The van der Waals surface area contributed by atoms with Gasteiger partial charge in [0.15, 0.2) is 0 Å². The highest BCUT2D eigenvalue weighted by molar-refractivity contribution is 6.33. The highest BCUT2D eigenvalue weighted by Gasteiger charge is 2.22. The molecule has 0 aliphatic heterocycles. The zero-order valence-electron chi connectivity index (χ0n) is 19.5. The fourth-order valence-electron chi connectivity index (χ4n) is 3.39. The van der Waals surface area contributed by atoms with Crippen LogP contribution in [0.3, 0.4) is 0 Å². The van der Waals surface area contributed by atoms with Gasteiger partial charge in [0.05, 0.1) is 22.6 Å². The number of carbonyl (C=O) groups excluding carboxylic acids is 2. The van der Waals surface area contributed by atoms with Crippen molar-refractivity contribution in [2.24, 2.45) is 0 Å². The number of nitrogens with one attached hydrogen (secondary N) is 3. The van der Waals surface area contributed by atoms with E-state index < -0.39 is 11.7 Å². The number of hydrogen-bond donors (Lipinski definition) is 3. The fourth-order valence-corrected chi connectivity index (χ4v) is 3.59. The Morgan fingerprint density at radius 2 is 1.94 bits per heavy atom. The average Bonchev–Trinajstić information content (AvgIpc) is 3.23. The first-order valence-electron chi connectivity index (χ1n) is 10.9. The fraction of sp³-hybridized carbons (Fsp3) is 0.200. The van der Waals surface area contributed by atoms with Gasteiger partial charge in [-0.1, -0.05) is 35.9 Å². The van der Waals surface area contributed by atoms with Crippen LogP contribution in [0.5, 0.6) is 0 Å². The van der Waals surface area contributed by atoms with Crippen LogP contribution in [0.1, 0.15) is 20.8 Å². The summed E-state index contributed by atoms with van der Waals surface area (Å²) in [6.07, 6.45) is 3.37. The Morgan fingerprint density at radius 1 is 1.17 bits per heavy atom. The number of amides is 1. The molecule has 2 aromatic heterocycles. The van der Waals surface area contributed by atoms with Crippen molar-refractivity contribution in [3.05, 3.63) is 65.9 Å². The minimum absolute atomic E-state index is 0.180. The maximum atomic E-state index is 12.4. The van der Waals surface area contributed by atoms with Crippen molar-refractivity contribution < 1.29 is 14.3 Å². The summed E-state index contributed by atoms with van der Waals surface area (Å²) < 4.78 is 5.36. The molecule has 4 rings (SSSR count). The first-order chi connectivity index (χ1) is 16.7. The Bertz CT molecular complexity index is 1360. The number of carbonyl (C=O) groups is 2. The summed E-state index contributed by atoms with van der Waals surface area (Å²) in [4.78, 5) is 35.7. The molecule has 3 N–H and O–H groups in total. The van der Waals surface area contributed by atoms with Crippen LogP contribution in [0.15, 0.2) is 60.9 Å². The van der Waals surface area contributed by atoms with Crippen molar-refractivity contribution in [2.75, 3.05) is 17.3 Å². The average molecular weight is 493 g/mol. The van der Waals surface area contributed by atoms with Crippen LogP contribution in [0, 0.1) is 0 Å². The summed E-state index contributed by atoms with van der Waals surface area (Å²) in [7, 11) is 0. The molecule has 0 atom stereocenters. The molecular weight excluding hydrogens is 468 g/mol. The molecular formula is C25H25ClN6O3. The van der Waals surface area contributed by atoms with Crippen LogP contribution >= 0.6 is 11.6 Å². The molecule has 9 nitrogen and oxygen atoms in total. The number of H-pyrrole nitrogens is 1. The van der Waals surface area contributed by atoms with E-state index >= 15 is 0 Å². The maximum absolute atomic E-state index is 12.4. The number of ether oxygens (including phenoxy) is 1. The van der Waals surface area contributed by atoms with E-state index in [0.717, 1.165) is 21.5 Å². The van der Waals surface area contributed by atoms with Gasteiger partial charge >= 0.3 is 6.09 Å². The topological polar surface area (TPSA) is 112 Å². The van der Waals surface area contributed by atoms with Crippen molar-refractivity contribution >= 4 is 52.2 Å². The van der Waals surface area contributed by atoms with Crippen LogP contribution < -0.4 is 10.7 Å². The first-order valence-corrected chi connectivity index (χ1v) is 11.3. The molecule has 1 amide bonds. The normalized spacial score (nSPS) is 11.2. The van der Waals surface area contributed by atoms with Gasteiger partial charge in [-0.2, -0.15) is 0 Å². The standard InChI is InChI=1S/C25H25ClN6O3/c1-25(2,3)35-24(34)32(11-12-33)31-17-8-6-7-16(13-17)29-23-28-15-20(26)22(30-23)19-14-27-21-10-5-4-9-18(19)21/h4-10,12-15,27,31H,11H2,1-3H3,(H,28,29,30). The van der Waals surface area contributed by atoms with Crippen molar-refractivity contribution in [1.29, 1.82) is 0 Å². The van der Waals surface area contributed by atoms with Crippen LogP contribution in [-0.4, -0.2) is 44.5 Å². The SMILES string of the molecule is CC(C)(C)OC(=O)N(CC=O)Nc1cccc(Nc2ncc(Cl)c(-c3c[nH]c4ccccc34)n2)c1. The number of aromatic nitrogens is 3. The molecule has 0 saturated carbocycles. The zero-order chi connectivity index (χ0) is 25.0. The van der Waals surface area contributed by atoms with Crippen LogP contribution in [0.4, 0.5) is 22.1 Å². The Labute approximate surface area is 207 Å². The van der Waals surface area contributed by atoms with E-state index in [1.807, 2.05) is 36.5 Å². The lowest BCUT2D eigenvalue weighted by Gasteiger charge is -2.27. The van der Waals surface area contributed by atoms with E-state index in [1.54, 1.807) is 45.2 Å². The van der Waals surface area contributed by atoms with Gasteiger partial charge in [-0.05, 0) is 45.0 Å². The number of anilines is 3. The smallest absolute Gasteiger partial charge is 0.429 e. The molecule has 0 saturated heterocycles. The number of aldehydes is 1. The van der Waals surface area contributed by atoms with Gasteiger partial charge in [-0.3, -0.25) is 5.43 Å². The molecule has 0 aliphatic rings. The molecule has 0 bridgehead atoms. The predicted molar refractivity (Wildman–Crippen MR) is 137 cm³/mol. The number of hydrazine groups is 1. The molecule has 0 unspecified atom stereocenters. The Balaban J connectivity index is 1.55. The largest absolute Gasteiger partial charge is 0.442 e. The van der Waals surface area contributed by atoms with E-state index in [0.29, 0.717) is 34.3 Å². The highest BCUT2D eigenvalue weighted by Crippen LogP contribution is 2.32. The molecule has 35 heavy (non-hydrogen) atoms. The summed E-state index contributed by atoms with van der Waals surface area (Å²) in [5, 5.41) is 5.69. The second-order valence-electron chi connectivity index (χ2n) is 8.71. The lowest BCUT2D eigenvalue weighted by Crippen LogP contribution is -2.41. The zero-order valence-corrected chi connectivity index (χ0v) is 20.3. The number of aromatic amines is 1. The molecule has 0 radical (unpaired) electrons. The molecule has 10 heteroatoms. The van der Waals surface area contributed by atoms with Crippen LogP contribution in [0.2, 0.25) is 5.02 Å². The van der Waals surface area contributed by atoms with Crippen molar-refractivity contribution in [3.8, 4) is 11.3 Å². The molecule has 180 valence electrons. The van der Waals surface area contributed by atoms with Gasteiger partial charge in [0, 0.05) is 28.4 Å². The van der Waals surface area contributed by atoms with Gasteiger partial charge in [0.25, 0.3) is 0 Å². The molecule has 0 fully saturated rings. The van der Waals surface area contributed by atoms with Crippen molar-refractivity contribution in [2.45, 2.75) is 26.4 Å². The molecule has 0 aliphatic carbocycles. The number of hydrogen-bond acceptors (Lipinski definition) is 7. The Hall–Kier alpha value is -4.11.